The van der Waals surface area contributed by atoms with Crippen LogP contribution >= 0.6 is 0 Å². The lowest BCUT2D eigenvalue weighted by atomic mass is 10.0. The van der Waals surface area contributed by atoms with Crippen LogP contribution in [0.25, 0.3) is 0 Å². The van der Waals surface area contributed by atoms with E-state index < -0.39 is 0 Å². The van der Waals surface area contributed by atoms with Crippen LogP contribution in [-0.2, 0) is 6.42 Å². The van der Waals surface area contributed by atoms with E-state index in [1.54, 1.807) is 0 Å². The third-order valence-corrected chi connectivity index (χ3v) is 3.61. The Hall–Kier alpha value is -1.35. The molecule has 0 aliphatic carbocycles. The van der Waals surface area contributed by atoms with Gasteiger partial charge in [-0.3, -0.25) is 4.79 Å². The van der Waals surface area contributed by atoms with Crippen LogP contribution in [0, 0.1) is 0 Å². The van der Waals surface area contributed by atoms with Gasteiger partial charge in [-0.05, 0) is 50.2 Å². The molecular weight excluding hydrogens is 250 g/mol. The van der Waals surface area contributed by atoms with Gasteiger partial charge >= 0.3 is 0 Å². The van der Waals surface area contributed by atoms with E-state index in [1.807, 2.05) is 25.1 Å². The normalized spacial score (nSPS) is 10.8. The van der Waals surface area contributed by atoms with Crippen molar-refractivity contribution in [1.29, 1.82) is 0 Å². The molecule has 112 valence electrons. The van der Waals surface area contributed by atoms with E-state index in [0.29, 0.717) is 13.0 Å². The number of rotatable bonds is 9. The van der Waals surface area contributed by atoms with E-state index >= 15 is 0 Å². The number of carbonyl (C=O) groups is 1. The van der Waals surface area contributed by atoms with Gasteiger partial charge < -0.3 is 9.64 Å². The van der Waals surface area contributed by atoms with Gasteiger partial charge in [0.15, 0.2) is 5.78 Å². The highest BCUT2D eigenvalue weighted by atomic mass is 16.5. The fourth-order valence-electron chi connectivity index (χ4n) is 2.27. The van der Waals surface area contributed by atoms with Gasteiger partial charge in [0.2, 0.25) is 0 Å². The average Bonchev–Trinajstić information content (AvgIpc) is 2.48. The molecule has 0 aliphatic heterocycles. The summed E-state index contributed by atoms with van der Waals surface area (Å²) < 4.78 is 5.58. The van der Waals surface area contributed by atoms with Crippen molar-refractivity contribution >= 4 is 5.78 Å². The summed E-state index contributed by atoms with van der Waals surface area (Å²) in [6.45, 7) is 11.8. The van der Waals surface area contributed by atoms with Crippen LogP contribution in [0.2, 0.25) is 0 Å². The van der Waals surface area contributed by atoms with Gasteiger partial charge in [0.05, 0.1) is 6.61 Å². The first-order valence-electron chi connectivity index (χ1n) is 7.67. The summed E-state index contributed by atoms with van der Waals surface area (Å²) >= 11 is 0. The molecule has 0 unspecified atom stereocenters. The van der Waals surface area contributed by atoms with Gasteiger partial charge in [-0.15, -0.1) is 0 Å². The summed E-state index contributed by atoms with van der Waals surface area (Å²) in [6.07, 6.45) is 1.46. The quantitative estimate of drug-likeness (QED) is 0.646. The molecule has 0 saturated carbocycles. The summed E-state index contributed by atoms with van der Waals surface area (Å²) in [5.41, 5.74) is 1.91. The highest BCUT2D eigenvalue weighted by Gasteiger charge is 2.11. The topological polar surface area (TPSA) is 29.5 Å². The van der Waals surface area contributed by atoms with E-state index in [0.717, 1.165) is 42.9 Å². The molecule has 0 spiro atoms. The number of ketones is 1. The Morgan fingerprint density at radius 2 is 1.85 bits per heavy atom. The van der Waals surface area contributed by atoms with Crippen LogP contribution in [0.1, 0.15) is 50.0 Å². The number of nitrogens with zero attached hydrogens (tertiary/aromatic N) is 1. The average molecular weight is 277 g/mol. The molecule has 0 saturated heterocycles. The monoisotopic (exact) mass is 277 g/mol. The molecule has 0 fully saturated rings. The van der Waals surface area contributed by atoms with E-state index in [-0.39, 0.29) is 5.78 Å². The first-order valence-corrected chi connectivity index (χ1v) is 7.67. The molecule has 0 amide bonds. The molecule has 3 heteroatoms. The molecule has 1 aromatic rings. The van der Waals surface area contributed by atoms with E-state index in [4.69, 9.17) is 4.74 Å². The van der Waals surface area contributed by atoms with Gasteiger partial charge in [-0.25, -0.2) is 0 Å². The van der Waals surface area contributed by atoms with Crippen molar-refractivity contribution < 1.29 is 9.53 Å². The molecule has 20 heavy (non-hydrogen) atoms. The Kier molecular flexibility index (Phi) is 7.31. The summed E-state index contributed by atoms with van der Waals surface area (Å²) in [4.78, 5) is 14.5. The number of Topliss-reactive ketones (excluding diaryl/α,β-unsaturated/α-hetero) is 1. The summed E-state index contributed by atoms with van der Waals surface area (Å²) in [5.74, 6) is 1.12. The zero-order chi connectivity index (χ0) is 15.0. The molecule has 0 radical (unpaired) electrons. The van der Waals surface area contributed by atoms with Crippen molar-refractivity contribution in [2.75, 3.05) is 26.2 Å². The van der Waals surface area contributed by atoms with Crippen LogP contribution < -0.4 is 4.74 Å². The maximum absolute atomic E-state index is 12.3. The Bertz CT molecular complexity index is 425. The molecule has 0 atom stereocenters. The second-order valence-corrected chi connectivity index (χ2v) is 4.81. The third-order valence-electron chi connectivity index (χ3n) is 3.61. The lowest BCUT2D eigenvalue weighted by Crippen LogP contribution is -2.25. The number of benzene rings is 1. The molecule has 1 rings (SSSR count). The summed E-state index contributed by atoms with van der Waals surface area (Å²) in [7, 11) is 0. The van der Waals surface area contributed by atoms with Gasteiger partial charge in [0.25, 0.3) is 0 Å². The van der Waals surface area contributed by atoms with Crippen molar-refractivity contribution in [3.05, 3.63) is 29.3 Å². The van der Waals surface area contributed by atoms with Gasteiger partial charge in [0, 0.05) is 18.5 Å². The summed E-state index contributed by atoms with van der Waals surface area (Å²) in [6, 6.07) is 5.79. The van der Waals surface area contributed by atoms with Crippen molar-refractivity contribution in [3.63, 3.8) is 0 Å². The summed E-state index contributed by atoms with van der Waals surface area (Å²) in [5, 5.41) is 0. The Balaban J connectivity index is 2.73. The Labute approximate surface area is 122 Å². The standard InChI is InChI=1S/C17H27NO2/c1-5-14-13-15(9-10-17(14)20-8-4)16(19)11-12-18(6-2)7-3/h9-10,13H,5-8,11-12H2,1-4H3. The number of ether oxygens (including phenoxy) is 1. The molecule has 0 aromatic heterocycles. The predicted molar refractivity (Wildman–Crippen MR) is 83.7 cm³/mol. The first-order chi connectivity index (χ1) is 9.65. The van der Waals surface area contributed by atoms with Crippen LogP contribution in [0.15, 0.2) is 18.2 Å². The van der Waals surface area contributed by atoms with Crippen molar-refractivity contribution in [2.45, 2.75) is 40.5 Å². The highest BCUT2D eigenvalue weighted by Crippen LogP contribution is 2.21. The lowest BCUT2D eigenvalue weighted by molar-refractivity contribution is 0.0966. The van der Waals surface area contributed by atoms with Crippen LogP contribution in [0.3, 0.4) is 0 Å². The predicted octanol–water partition coefficient (Wildman–Crippen LogP) is 3.56. The zero-order valence-electron chi connectivity index (χ0n) is 13.2. The van der Waals surface area contributed by atoms with Crippen LogP contribution in [-0.4, -0.2) is 36.9 Å². The molecule has 1 aromatic carbocycles. The number of hydrogen-bond acceptors (Lipinski definition) is 3. The Morgan fingerprint density at radius 3 is 2.40 bits per heavy atom. The van der Waals surface area contributed by atoms with Crippen LogP contribution in [0.4, 0.5) is 0 Å². The lowest BCUT2D eigenvalue weighted by Gasteiger charge is -2.17. The molecule has 0 bridgehead atoms. The van der Waals surface area contributed by atoms with Crippen molar-refractivity contribution in [3.8, 4) is 5.75 Å². The molecular formula is C17H27NO2. The maximum atomic E-state index is 12.3. The largest absolute Gasteiger partial charge is 0.494 e. The smallest absolute Gasteiger partial charge is 0.164 e. The second kappa shape index (κ2) is 8.75. The minimum absolute atomic E-state index is 0.217. The second-order valence-electron chi connectivity index (χ2n) is 4.81. The number of aryl methyl sites for hydroxylation is 1. The maximum Gasteiger partial charge on any atom is 0.164 e. The van der Waals surface area contributed by atoms with E-state index in [2.05, 4.69) is 25.7 Å². The minimum Gasteiger partial charge on any atom is -0.494 e. The third kappa shape index (κ3) is 4.64. The van der Waals surface area contributed by atoms with Gasteiger partial charge in [0.1, 0.15) is 5.75 Å². The fourth-order valence-corrected chi connectivity index (χ4v) is 2.27. The first kappa shape index (κ1) is 16.7. The van der Waals surface area contributed by atoms with Crippen molar-refractivity contribution in [1.82, 2.24) is 4.90 Å². The zero-order valence-corrected chi connectivity index (χ0v) is 13.2. The van der Waals surface area contributed by atoms with E-state index in [1.165, 1.54) is 0 Å². The molecule has 0 heterocycles. The minimum atomic E-state index is 0.217. The number of hydrogen-bond donors (Lipinski definition) is 0. The molecule has 0 N–H and O–H groups in total. The Morgan fingerprint density at radius 1 is 1.15 bits per heavy atom. The SMILES string of the molecule is CCOc1ccc(C(=O)CCN(CC)CC)cc1CC. The van der Waals surface area contributed by atoms with Gasteiger partial charge in [-0.2, -0.15) is 0 Å². The fraction of sp³-hybridized carbons (Fsp3) is 0.588. The molecule has 3 nitrogen and oxygen atoms in total. The van der Waals surface area contributed by atoms with E-state index in [9.17, 15) is 4.79 Å². The number of carbonyl (C=O) groups excluding carboxylic acids is 1. The highest BCUT2D eigenvalue weighted by molar-refractivity contribution is 5.96. The van der Waals surface area contributed by atoms with Crippen LogP contribution in [0.5, 0.6) is 5.75 Å². The molecule has 0 aliphatic rings. The van der Waals surface area contributed by atoms with Gasteiger partial charge in [-0.1, -0.05) is 20.8 Å². The van der Waals surface area contributed by atoms with Crippen molar-refractivity contribution in [2.24, 2.45) is 0 Å².